The highest BCUT2D eigenvalue weighted by Gasteiger charge is 2.34. The molecule has 1 saturated heterocycles. The molecule has 1 N–H and O–H groups in total. The van der Waals surface area contributed by atoms with Crippen molar-refractivity contribution in [3.05, 3.63) is 30.1 Å². The van der Waals surface area contributed by atoms with Crippen LogP contribution in [0, 0.1) is 0 Å². The predicted molar refractivity (Wildman–Crippen MR) is 106 cm³/mol. The van der Waals surface area contributed by atoms with Gasteiger partial charge in [-0.2, -0.15) is 0 Å². The van der Waals surface area contributed by atoms with Crippen LogP contribution in [-0.4, -0.2) is 53.5 Å². The molecule has 1 aliphatic rings. The Morgan fingerprint density at radius 1 is 1.22 bits per heavy atom. The van der Waals surface area contributed by atoms with Gasteiger partial charge in [-0.15, -0.1) is 5.10 Å². The summed E-state index contributed by atoms with van der Waals surface area (Å²) in [5.74, 6) is 1.93. The lowest BCUT2D eigenvalue weighted by Gasteiger charge is -2.37. The third-order valence-corrected chi connectivity index (χ3v) is 5.97. The summed E-state index contributed by atoms with van der Waals surface area (Å²) in [6.45, 7) is 13.0. The fourth-order valence-corrected chi connectivity index (χ4v) is 3.85. The van der Waals surface area contributed by atoms with Crippen molar-refractivity contribution in [3.8, 4) is 5.75 Å². The Hall–Kier alpha value is -2.15. The van der Waals surface area contributed by atoms with Crippen LogP contribution in [0.5, 0.6) is 5.75 Å². The van der Waals surface area contributed by atoms with Crippen molar-refractivity contribution in [2.24, 2.45) is 0 Å². The Kier molecular flexibility index (Phi) is 5.99. The Balaban J connectivity index is 1.72. The number of nitrogens with zero attached hydrogens (tertiary/aromatic N) is 5. The number of piperazine rings is 1. The molecule has 0 spiro atoms. The number of quaternary nitrogens is 1. The van der Waals surface area contributed by atoms with Crippen LogP contribution < -0.4 is 14.5 Å². The first-order chi connectivity index (χ1) is 13.0. The van der Waals surface area contributed by atoms with E-state index in [0.29, 0.717) is 6.04 Å². The summed E-state index contributed by atoms with van der Waals surface area (Å²) in [7, 11) is 1.72. The zero-order valence-electron chi connectivity index (χ0n) is 17.3. The molecule has 1 aromatic heterocycles. The Morgan fingerprint density at radius 2 is 1.96 bits per heavy atom. The molecule has 27 heavy (non-hydrogen) atoms. The van der Waals surface area contributed by atoms with Crippen LogP contribution in [0.4, 0.5) is 5.69 Å². The molecule has 148 valence electrons. The monoisotopic (exact) mass is 373 g/mol. The SMILES string of the molecule is CC[C@@H](c1nnnn1C(C)(C)CC)[NH+]1CCN(c2cccc(OC)c2)CC1. The molecule has 1 fully saturated rings. The molecule has 1 aliphatic heterocycles. The van der Waals surface area contributed by atoms with Crippen molar-refractivity contribution in [1.29, 1.82) is 0 Å². The van der Waals surface area contributed by atoms with E-state index in [1.807, 2.05) is 10.7 Å². The summed E-state index contributed by atoms with van der Waals surface area (Å²) < 4.78 is 7.41. The highest BCUT2D eigenvalue weighted by atomic mass is 16.5. The second kappa shape index (κ2) is 8.25. The Bertz CT molecular complexity index is 736. The van der Waals surface area contributed by atoms with Crippen LogP contribution in [0.3, 0.4) is 0 Å². The van der Waals surface area contributed by atoms with Crippen molar-refractivity contribution in [2.45, 2.75) is 52.1 Å². The van der Waals surface area contributed by atoms with Crippen LogP contribution in [0.25, 0.3) is 0 Å². The van der Waals surface area contributed by atoms with Crippen molar-refractivity contribution in [1.82, 2.24) is 20.2 Å². The smallest absolute Gasteiger partial charge is 0.209 e. The molecule has 7 heteroatoms. The van der Waals surface area contributed by atoms with E-state index in [4.69, 9.17) is 4.74 Å². The fraction of sp³-hybridized carbons (Fsp3) is 0.650. The van der Waals surface area contributed by atoms with Crippen LogP contribution in [0.1, 0.15) is 52.4 Å². The van der Waals surface area contributed by atoms with Gasteiger partial charge in [0.25, 0.3) is 0 Å². The zero-order valence-corrected chi connectivity index (χ0v) is 17.3. The molecule has 2 heterocycles. The molecule has 0 unspecified atom stereocenters. The first kappa shape index (κ1) is 19.6. The lowest BCUT2D eigenvalue weighted by molar-refractivity contribution is -0.933. The summed E-state index contributed by atoms with van der Waals surface area (Å²) in [4.78, 5) is 4.01. The molecular weight excluding hydrogens is 340 g/mol. The lowest BCUT2D eigenvalue weighted by atomic mass is 10.0. The normalized spacial score (nSPS) is 17.1. The topological polar surface area (TPSA) is 60.5 Å². The van der Waals surface area contributed by atoms with E-state index in [1.54, 1.807) is 12.0 Å². The summed E-state index contributed by atoms with van der Waals surface area (Å²) in [6, 6.07) is 8.66. The molecule has 1 aromatic carbocycles. The summed E-state index contributed by atoms with van der Waals surface area (Å²) >= 11 is 0. The summed E-state index contributed by atoms with van der Waals surface area (Å²) in [5.41, 5.74) is 1.17. The second-order valence-electron chi connectivity index (χ2n) is 7.92. The third-order valence-electron chi connectivity index (χ3n) is 5.97. The number of hydrogen-bond donors (Lipinski definition) is 1. The molecule has 0 saturated carbocycles. The number of nitrogens with one attached hydrogen (secondary N) is 1. The molecule has 0 aliphatic carbocycles. The lowest BCUT2D eigenvalue weighted by Crippen LogP contribution is -3.15. The zero-order chi connectivity index (χ0) is 19.4. The fourth-order valence-electron chi connectivity index (χ4n) is 3.85. The van der Waals surface area contributed by atoms with Crippen molar-refractivity contribution in [2.75, 3.05) is 38.2 Å². The number of ether oxygens (including phenoxy) is 1. The number of hydrogen-bond acceptors (Lipinski definition) is 5. The largest absolute Gasteiger partial charge is 0.497 e. The number of aromatic nitrogens is 4. The van der Waals surface area contributed by atoms with Crippen LogP contribution in [0.2, 0.25) is 0 Å². The molecule has 0 amide bonds. The quantitative estimate of drug-likeness (QED) is 0.800. The Labute approximate surface area is 162 Å². The van der Waals surface area contributed by atoms with Gasteiger partial charge in [-0.3, -0.25) is 0 Å². The van der Waals surface area contributed by atoms with Crippen molar-refractivity contribution >= 4 is 5.69 Å². The standard InChI is InChI=1S/C20H32N6O/c1-6-18(19-21-22-23-26(19)20(3,4)7-2)25-13-11-24(12-14-25)16-9-8-10-17(15-16)27-5/h8-10,15,18H,6-7,11-14H2,1-5H3/p+1/t18-/m0/s1. The predicted octanol–water partition coefficient (Wildman–Crippen LogP) is 1.68. The molecule has 0 radical (unpaired) electrons. The van der Waals surface area contributed by atoms with Gasteiger partial charge in [0.1, 0.15) is 11.8 Å². The van der Waals surface area contributed by atoms with Gasteiger partial charge in [0.2, 0.25) is 5.82 Å². The van der Waals surface area contributed by atoms with Gasteiger partial charge in [-0.25, -0.2) is 4.68 Å². The minimum atomic E-state index is -0.0614. The second-order valence-corrected chi connectivity index (χ2v) is 7.92. The van der Waals surface area contributed by atoms with E-state index < -0.39 is 0 Å². The van der Waals surface area contributed by atoms with Crippen LogP contribution in [0.15, 0.2) is 24.3 Å². The average molecular weight is 374 g/mol. The Morgan fingerprint density at radius 3 is 2.59 bits per heavy atom. The maximum absolute atomic E-state index is 5.37. The number of anilines is 1. The van der Waals surface area contributed by atoms with E-state index in [0.717, 1.165) is 50.6 Å². The minimum Gasteiger partial charge on any atom is -0.497 e. The minimum absolute atomic E-state index is 0.0614. The van der Waals surface area contributed by atoms with Crippen molar-refractivity contribution in [3.63, 3.8) is 0 Å². The molecule has 1 atom stereocenters. The third kappa shape index (κ3) is 4.08. The van der Waals surface area contributed by atoms with E-state index >= 15 is 0 Å². The average Bonchev–Trinajstić information content (AvgIpc) is 3.19. The van der Waals surface area contributed by atoms with E-state index in [-0.39, 0.29) is 5.54 Å². The van der Waals surface area contributed by atoms with Gasteiger partial charge >= 0.3 is 0 Å². The van der Waals surface area contributed by atoms with Crippen LogP contribution >= 0.6 is 0 Å². The summed E-state index contributed by atoms with van der Waals surface area (Å²) in [6.07, 6.45) is 2.04. The van der Waals surface area contributed by atoms with Gasteiger partial charge in [0.05, 0.1) is 38.8 Å². The molecule has 0 bridgehead atoms. The van der Waals surface area contributed by atoms with Crippen LogP contribution in [-0.2, 0) is 5.54 Å². The summed E-state index contributed by atoms with van der Waals surface area (Å²) in [5, 5.41) is 12.8. The van der Waals surface area contributed by atoms with E-state index in [1.165, 1.54) is 5.69 Å². The number of benzene rings is 1. The van der Waals surface area contributed by atoms with Crippen molar-refractivity contribution < 1.29 is 9.64 Å². The first-order valence-corrected chi connectivity index (χ1v) is 10.0. The molecule has 2 aromatic rings. The number of tetrazole rings is 1. The first-order valence-electron chi connectivity index (χ1n) is 10.0. The van der Waals surface area contributed by atoms with Gasteiger partial charge in [0, 0.05) is 18.2 Å². The molecular formula is C20H33N6O+. The molecule has 7 nitrogen and oxygen atoms in total. The van der Waals surface area contributed by atoms with Gasteiger partial charge in [-0.1, -0.05) is 19.9 Å². The number of methoxy groups -OCH3 is 1. The highest BCUT2D eigenvalue weighted by molar-refractivity contribution is 5.50. The number of rotatable bonds is 7. The van der Waals surface area contributed by atoms with Gasteiger partial charge in [0.15, 0.2) is 0 Å². The maximum atomic E-state index is 5.37. The van der Waals surface area contributed by atoms with E-state index in [9.17, 15) is 0 Å². The van der Waals surface area contributed by atoms with E-state index in [2.05, 4.69) is 66.3 Å². The maximum Gasteiger partial charge on any atom is 0.209 e. The molecule has 3 rings (SSSR count). The van der Waals surface area contributed by atoms with Gasteiger partial charge in [-0.05, 0) is 42.8 Å². The van der Waals surface area contributed by atoms with Gasteiger partial charge < -0.3 is 14.5 Å². The highest BCUT2D eigenvalue weighted by Crippen LogP contribution is 2.23.